The standard InChI is InChI=1S/C26H23BrCl2N2O4/c1-34-24-10-16(19(27)11-25(24)35-14-18-20(28)6-4-7-21(18)29)13-31-23(26(32)33)9-15-12-30-22-8-3-2-5-17(15)22/h2-8,10-12,23,30-31H,9,13-14H2,1H3,(H,32,33). The van der Waals surface area contributed by atoms with Gasteiger partial charge in [-0.05, 0) is 41.5 Å². The smallest absolute Gasteiger partial charge is 0.321 e. The molecule has 0 aliphatic heterocycles. The van der Waals surface area contributed by atoms with E-state index in [-0.39, 0.29) is 6.61 Å². The summed E-state index contributed by atoms with van der Waals surface area (Å²) in [5, 5.41) is 15.0. The minimum absolute atomic E-state index is 0.171. The van der Waals surface area contributed by atoms with Gasteiger partial charge >= 0.3 is 5.97 Å². The molecule has 4 aromatic rings. The van der Waals surface area contributed by atoms with Gasteiger partial charge in [0, 0.05) is 50.1 Å². The van der Waals surface area contributed by atoms with E-state index in [2.05, 4.69) is 26.2 Å². The first-order chi connectivity index (χ1) is 16.9. The highest BCUT2D eigenvalue weighted by molar-refractivity contribution is 9.10. The molecule has 0 fully saturated rings. The molecule has 0 spiro atoms. The number of aromatic nitrogens is 1. The average molecular weight is 578 g/mol. The van der Waals surface area contributed by atoms with Crippen molar-refractivity contribution in [3.8, 4) is 11.5 Å². The summed E-state index contributed by atoms with van der Waals surface area (Å²) < 4.78 is 12.2. The topological polar surface area (TPSA) is 83.6 Å². The van der Waals surface area contributed by atoms with Crippen molar-refractivity contribution in [3.05, 3.63) is 92.0 Å². The quantitative estimate of drug-likeness (QED) is 0.197. The summed E-state index contributed by atoms with van der Waals surface area (Å²) in [7, 11) is 1.55. The van der Waals surface area contributed by atoms with Gasteiger partial charge in [-0.15, -0.1) is 0 Å². The molecule has 0 amide bonds. The SMILES string of the molecule is COc1cc(CNC(Cc2c[nH]c3ccccc23)C(=O)O)c(Br)cc1OCc1c(Cl)cccc1Cl. The van der Waals surface area contributed by atoms with Crippen LogP contribution in [0.2, 0.25) is 10.0 Å². The number of carboxylic acid groups (broad SMARTS) is 1. The lowest BCUT2D eigenvalue weighted by atomic mass is 10.0. The zero-order valence-corrected chi connectivity index (χ0v) is 21.9. The highest BCUT2D eigenvalue weighted by atomic mass is 79.9. The third-order valence-corrected chi connectivity index (χ3v) is 7.15. The Bertz CT molecular complexity index is 1340. The molecule has 9 heteroatoms. The van der Waals surface area contributed by atoms with Gasteiger partial charge in [0.25, 0.3) is 0 Å². The van der Waals surface area contributed by atoms with Gasteiger partial charge in [-0.1, -0.05) is 63.4 Å². The number of carboxylic acids is 1. The zero-order valence-electron chi connectivity index (χ0n) is 18.8. The largest absolute Gasteiger partial charge is 0.493 e. The van der Waals surface area contributed by atoms with E-state index >= 15 is 0 Å². The molecule has 1 heterocycles. The van der Waals surface area contributed by atoms with Gasteiger partial charge in [-0.3, -0.25) is 10.1 Å². The van der Waals surface area contributed by atoms with Gasteiger partial charge < -0.3 is 19.6 Å². The van der Waals surface area contributed by atoms with Crippen LogP contribution in [0.15, 0.2) is 65.3 Å². The van der Waals surface area contributed by atoms with E-state index in [4.69, 9.17) is 32.7 Å². The number of halogens is 3. The molecular formula is C26H23BrCl2N2O4. The van der Waals surface area contributed by atoms with Crippen LogP contribution in [0.5, 0.6) is 11.5 Å². The number of carbonyl (C=O) groups is 1. The monoisotopic (exact) mass is 576 g/mol. The Morgan fingerprint density at radius 1 is 1.09 bits per heavy atom. The first kappa shape index (κ1) is 25.4. The maximum absolute atomic E-state index is 12.0. The summed E-state index contributed by atoms with van der Waals surface area (Å²) in [6.07, 6.45) is 2.20. The van der Waals surface area contributed by atoms with E-state index in [1.165, 1.54) is 0 Å². The Kier molecular flexibility index (Phi) is 8.23. The lowest BCUT2D eigenvalue weighted by molar-refractivity contribution is -0.139. The van der Waals surface area contributed by atoms with Crippen LogP contribution >= 0.6 is 39.1 Å². The summed E-state index contributed by atoms with van der Waals surface area (Å²) >= 11 is 16.0. The van der Waals surface area contributed by atoms with E-state index in [0.717, 1.165) is 26.5 Å². The summed E-state index contributed by atoms with van der Waals surface area (Å²) in [4.78, 5) is 15.2. The second-order valence-corrected chi connectivity index (χ2v) is 9.59. The van der Waals surface area contributed by atoms with Gasteiger partial charge in [0.2, 0.25) is 0 Å². The van der Waals surface area contributed by atoms with Gasteiger partial charge in [-0.2, -0.15) is 0 Å². The zero-order chi connectivity index (χ0) is 24.9. The van der Waals surface area contributed by atoms with Crippen molar-refractivity contribution in [2.24, 2.45) is 0 Å². The number of fused-ring (bicyclic) bond motifs is 1. The van der Waals surface area contributed by atoms with Crippen molar-refractivity contribution in [1.29, 1.82) is 0 Å². The molecule has 0 saturated carbocycles. The molecule has 0 radical (unpaired) electrons. The molecule has 35 heavy (non-hydrogen) atoms. The third-order valence-electron chi connectivity index (χ3n) is 5.70. The molecule has 1 aromatic heterocycles. The molecule has 0 aliphatic rings. The first-order valence-corrected chi connectivity index (χ1v) is 12.4. The summed E-state index contributed by atoms with van der Waals surface area (Å²) in [5.41, 5.74) is 3.43. The molecule has 4 rings (SSSR count). The lowest BCUT2D eigenvalue weighted by Crippen LogP contribution is -2.38. The number of methoxy groups -OCH3 is 1. The van der Waals surface area contributed by atoms with Crippen LogP contribution in [0, 0.1) is 0 Å². The molecule has 6 nitrogen and oxygen atoms in total. The van der Waals surface area contributed by atoms with Crippen molar-refractivity contribution >= 4 is 56.0 Å². The third kappa shape index (κ3) is 5.93. The molecule has 3 aromatic carbocycles. The normalized spacial score (nSPS) is 12.0. The van der Waals surface area contributed by atoms with Crippen molar-refractivity contribution < 1.29 is 19.4 Å². The number of hydrogen-bond donors (Lipinski definition) is 3. The van der Waals surface area contributed by atoms with Gasteiger partial charge in [0.1, 0.15) is 12.6 Å². The molecule has 0 bridgehead atoms. The van der Waals surface area contributed by atoms with Crippen LogP contribution in [-0.2, 0) is 24.4 Å². The van der Waals surface area contributed by atoms with E-state index < -0.39 is 12.0 Å². The molecule has 1 unspecified atom stereocenters. The molecule has 0 aliphatic carbocycles. The number of H-pyrrole nitrogens is 1. The Hall–Kier alpha value is -2.71. The van der Waals surface area contributed by atoms with Crippen molar-refractivity contribution in [1.82, 2.24) is 10.3 Å². The van der Waals surface area contributed by atoms with Crippen LogP contribution in [0.25, 0.3) is 10.9 Å². The van der Waals surface area contributed by atoms with E-state index in [9.17, 15) is 9.90 Å². The number of ether oxygens (including phenoxy) is 2. The summed E-state index contributed by atoms with van der Waals surface area (Å²) in [6, 6.07) is 15.9. The van der Waals surface area contributed by atoms with Crippen molar-refractivity contribution in [2.45, 2.75) is 25.6 Å². The number of aromatic amines is 1. The Balaban J connectivity index is 1.47. The van der Waals surface area contributed by atoms with Crippen LogP contribution in [0.3, 0.4) is 0 Å². The Labute approximate surface area is 221 Å². The summed E-state index contributed by atoms with van der Waals surface area (Å²) in [5.74, 6) is 0.0966. The lowest BCUT2D eigenvalue weighted by Gasteiger charge is -2.17. The van der Waals surface area contributed by atoms with Crippen LogP contribution in [0.4, 0.5) is 0 Å². The second-order valence-electron chi connectivity index (χ2n) is 7.92. The fraction of sp³-hybridized carbons (Fsp3) is 0.192. The summed E-state index contributed by atoms with van der Waals surface area (Å²) in [6.45, 7) is 0.484. The fourth-order valence-corrected chi connectivity index (χ4v) is 4.77. The minimum Gasteiger partial charge on any atom is -0.493 e. The molecule has 0 saturated heterocycles. The molecule has 182 valence electrons. The van der Waals surface area contributed by atoms with E-state index in [1.54, 1.807) is 31.4 Å². The van der Waals surface area contributed by atoms with Gasteiger partial charge in [-0.25, -0.2) is 0 Å². The van der Waals surface area contributed by atoms with Crippen LogP contribution in [0.1, 0.15) is 16.7 Å². The number of hydrogen-bond acceptors (Lipinski definition) is 4. The van der Waals surface area contributed by atoms with Gasteiger partial charge in [0.15, 0.2) is 11.5 Å². The number of aliphatic carboxylic acids is 1. The highest BCUT2D eigenvalue weighted by Gasteiger charge is 2.20. The fourth-order valence-electron chi connectivity index (χ4n) is 3.81. The van der Waals surface area contributed by atoms with E-state index in [1.807, 2.05) is 36.5 Å². The number of nitrogens with one attached hydrogen (secondary N) is 2. The Morgan fingerprint density at radius 2 is 1.83 bits per heavy atom. The maximum Gasteiger partial charge on any atom is 0.321 e. The van der Waals surface area contributed by atoms with Crippen molar-refractivity contribution in [2.75, 3.05) is 7.11 Å². The average Bonchev–Trinajstić information content (AvgIpc) is 3.25. The van der Waals surface area contributed by atoms with Gasteiger partial charge in [0.05, 0.1) is 7.11 Å². The van der Waals surface area contributed by atoms with Crippen molar-refractivity contribution in [3.63, 3.8) is 0 Å². The number of para-hydroxylation sites is 1. The van der Waals surface area contributed by atoms with E-state index in [0.29, 0.717) is 40.1 Å². The Morgan fingerprint density at radius 3 is 2.54 bits per heavy atom. The minimum atomic E-state index is -0.921. The number of rotatable bonds is 10. The second kappa shape index (κ2) is 11.4. The predicted molar refractivity (Wildman–Crippen MR) is 142 cm³/mol. The predicted octanol–water partition coefficient (Wildman–Crippen LogP) is 6.61. The first-order valence-electron chi connectivity index (χ1n) is 10.8. The van der Waals surface area contributed by atoms with Crippen LogP contribution in [-0.4, -0.2) is 29.2 Å². The van der Waals surface area contributed by atoms with Crippen LogP contribution < -0.4 is 14.8 Å². The highest BCUT2D eigenvalue weighted by Crippen LogP contribution is 2.35. The number of benzene rings is 3. The molecule has 1 atom stereocenters. The molecule has 3 N–H and O–H groups in total. The molecular weight excluding hydrogens is 555 g/mol. The maximum atomic E-state index is 12.0.